The van der Waals surface area contributed by atoms with E-state index in [4.69, 9.17) is 0 Å². The zero-order valence-electron chi connectivity index (χ0n) is 7.80. The molecule has 3 nitrogen and oxygen atoms in total. The summed E-state index contributed by atoms with van der Waals surface area (Å²) in [5.74, 6) is 5.80. The van der Waals surface area contributed by atoms with Crippen molar-refractivity contribution in [3.05, 3.63) is 0 Å². The Hall–Kier alpha value is -1.30. The molecule has 0 aliphatic carbocycles. The topological polar surface area (TPSA) is 37.4 Å². The molecule has 0 aromatic heterocycles. The smallest absolute Gasteiger partial charge is 0.223 e. The lowest BCUT2D eigenvalue weighted by atomic mass is 10.2. The number of likely N-dealkylation sites (tertiary alicyclic amines) is 1. The lowest BCUT2D eigenvalue weighted by molar-refractivity contribution is -0.130. The van der Waals surface area contributed by atoms with E-state index in [1.54, 1.807) is 11.8 Å². The summed E-state index contributed by atoms with van der Waals surface area (Å²) >= 11 is 0. The van der Waals surface area contributed by atoms with Crippen molar-refractivity contribution in [2.45, 2.75) is 26.2 Å². The molecule has 3 heteroatoms. The Kier molecular flexibility index (Phi) is 3.51. The molecule has 1 fully saturated rings. The van der Waals surface area contributed by atoms with Gasteiger partial charge in [0.05, 0.1) is 6.54 Å². The van der Waals surface area contributed by atoms with Crippen LogP contribution in [-0.4, -0.2) is 29.7 Å². The molecule has 13 heavy (non-hydrogen) atoms. The van der Waals surface area contributed by atoms with Crippen molar-refractivity contribution in [2.24, 2.45) is 0 Å². The van der Waals surface area contributed by atoms with Crippen molar-refractivity contribution in [2.75, 3.05) is 13.1 Å². The van der Waals surface area contributed by atoms with Crippen LogP contribution in [0.3, 0.4) is 0 Å². The third-order valence-electron chi connectivity index (χ3n) is 2.08. The standard InChI is InChI=1S/C10H13NO2/c1-2-3-7-11-8-6-9(12)4-5-10(11)13/h4-8H2,1H3. The van der Waals surface area contributed by atoms with E-state index < -0.39 is 0 Å². The minimum absolute atomic E-state index is 0.0496. The molecule has 0 N–H and O–H groups in total. The van der Waals surface area contributed by atoms with E-state index in [0.29, 0.717) is 32.4 Å². The predicted octanol–water partition coefficient (Wildman–Crippen LogP) is 0.591. The minimum Gasteiger partial charge on any atom is -0.331 e. The number of nitrogens with zero attached hydrogens (tertiary/aromatic N) is 1. The molecule has 0 aromatic carbocycles. The molecule has 1 amide bonds. The van der Waals surface area contributed by atoms with Crippen molar-refractivity contribution in [3.8, 4) is 11.8 Å². The first-order chi connectivity index (χ1) is 6.24. The Bertz CT molecular complexity index is 272. The van der Waals surface area contributed by atoms with Gasteiger partial charge in [0.2, 0.25) is 5.91 Å². The van der Waals surface area contributed by atoms with Gasteiger partial charge in [0.1, 0.15) is 5.78 Å². The number of Topliss-reactive ketones (excluding diaryl/α,β-unsaturated/α-hetero) is 1. The van der Waals surface area contributed by atoms with Gasteiger partial charge >= 0.3 is 0 Å². The normalized spacial score (nSPS) is 17.8. The van der Waals surface area contributed by atoms with Crippen LogP contribution in [0.25, 0.3) is 0 Å². The van der Waals surface area contributed by atoms with Gasteiger partial charge in [-0.05, 0) is 6.92 Å². The number of amides is 1. The van der Waals surface area contributed by atoms with Crippen molar-refractivity contribution in [1.29, 1.82) is 0 Å². The van der Waals surface area contributed by atoms with Crippen LogP contribution >= 0.6 is 0 Å². The van der Waals surface area contributed by atoms with Crippen LogP contribution in [0.15, 0.2) is 0 Å². The molecule has 0 atom stereocenters. The molecule has 1 heterocycles. The summed E-state index contributed by atoms with van der Waals surface area (Å²) in [6.45, 7) is 2.74. The monoisotopic (exact) mass is 179 g/mol. The van der Waals surface area contributed by atoms with E-state index in [9.17, 15) is 9.59 Å². The summed E-state index contributed by atoms with van der Waals surface area (Å²) in [6.07, 6.45) is 1.23. The highest BCUT2D eigenvalue weighted by molar-refractivity contribution is 5.87. The third kappa shape index (κ3) is 2.90. The number of rotatable bonds is 1. The van der Waals surface area contributed by atoms with Crippen LogP contribution in [0.4, 0.5) is 0 Å². The van der Waals surface area contributed by atoms with Gasteiger partial charge in [0, 0.05) is 25.8 Å². The molecule has 0 bridgehead atoms. The van der Waals surface area contributed by atoms with Gasteiger partial charge in [-0.3, -0.25) is 9.59 Å². The average Bonchev–Trinajstić information content (AvgIpc) is 2.28. The summed E-state index contributed by atoms with van der Waals surface area (Å²) in [4.78, 5) is 24.1. The van der Waals surface area contributed by atoms with Crippen LogP contribution in [0.5, 0.6) is 0 Å². The van der Waals surface area contributed by atoms with Gasteiger partial charge in [-0.25, -0.2) is 0 Å². The number of carbonyl (C=O) groups is 2. The molecule has 1 aliphatic heterocycles. The zero-order chi connectivity index (χ0) is 9.68. The van der Waals surface area contributed by atoms with Crippen LogP contribution in [0, 0.1) is 11.8 Å². The fourth-order valence-corrected chi connectivity index (χ4v) is 1.26. The first-order valence-corrected chi connectivity index (χ1v) is 4.43. The zero-order valence-corrected chi connectivity index (χ0v) is 7.80. The molecule has 1 saturated heterocycles. The summed E-state index contributed by atoms with van der Waals surface area (Å²) in [7, 11) is 0. The SMILES string of the molecule is CC#CCN1CCC(=O)CCC1=O. The van der Waals surface area contributed by atoms with Crippen LogP contribution in [-0.2, 0) is 9.59 Å². The van der Waals surface area contributed by atoms with Gasteiger partial charge in [-0.2, -0.15) is 0 Å². The Morgan fingerprint density at radius 2 is 2.08 bits per heavy atom. The molecule has 0 unspecified atom stereocenters. The largest absolute Gasteiger partial charge is 0.331 e. The first kappa shape index (κ1) is 9.79. The number of carbonyl (C=O) groups excluding carboxylic acids is 2. The second kappa shape index (κ2) is 4.66. The van der Waals surface area contributed by atoms with E-state index in [2.05, 4.69) is 11.8 Å². The average molecular weight is 179 g/mol. The highest BCUT2D eigenvalue weighted by Crippen LogP contribution is 2.07. The van der Waals surface area contributed by atoms with Crippen molar-refractivity contribution >= 4 is 11.7 Å². The van der Waals surface area contributed by atoms with E-state index in [0.717, 1.165) is 0 Å². The fourth-order valence-electron chi connectivity index (χ4n) is 1.26. The fraction of sp³-hybridized carbons (Fsp3) is 0.600. The Balaban J connectivity index is 2.55. The number of hydrogen-bond donors (Lipinski definition) is 0. The molecule has 0 saturated carbocycles. The van der Waals surface area contributed by atoms with Gasteiger partial charge in [0.15, 0.2) is 0 Å². The van der Waals surface area contributed by atoms with Gasteiger partial charge in [-0.15, -0.1) is 5.92 Å². The highest BCUT2D eigenvalue weighted by Gasteiger charge is 2.19. The van der Waals surface area contributed by atoms with Crippen LogP contribution in [0.2, 0.25) is 0 Å². The molecule has 0 aromatic rings. The van der Waals surface area contributed by atoms with Gasteiger partial charge in [0.25, 0.3) is 0 Å². The van der Waals surface area contributed by atoms with Crippen molar-refractivity contribution < 1.29 is 9.59 Å². The minimum atomic E-state index is 0.0496. The van der Waals surface area contributed by atoms with Gasteiger partial charge in [-0.1, -0.05) is 5.92 Å². The van der Waals surface area contributed by atoms with E-state index in [1.165, 1.54) is 0 Å². The van der Waals surface area contributed by atoms with E-state index >= 15 is 0 Å². The Morgan fingerprint density at radius 1 is 1.31 bits per heavy atom. The van der Waals surface area contributed by atoms with Gasteiger partial charge < -0.3 is 4.90 Å². The highest BCUT2D eigenvalue weighted by atomic mass is 16.2. The van der Waals surface area contributed by atoms with Crippen LogP contribution in [0.1, 0.15) is 26.2 Å². The summed E-state index contributed by atoms with van der Waals surface area (Å²) in [5.41, 5.74) is 0. The lowest BCUT2D eigenvalue weighted by Crippen LogP contribution is -2.30. The van der Waals surface area contributed by atoms with E-state index in [1.807, 2.05) is 0 Å². The Morgan fingerprint density at radius 3 is 2.77 bits per heavy atom. The maximum Gasteiger partial charge on any atom is 0.223 e. The molecule has 1 aliphatic rings. The van der Waals surface area contributed by atoms with E-state index in [-0.39, 0.29) is 11.7 Å². The quantitative estimate of drug-likeness (QED) is 0.552. The molecule has 1 rings (SSSR count). The molecule has 0 spiro atoms. The third-order valence-corrected chi connectivity index (χ3v) is 2.08. The first-order valence-electron chi connectivity index (χ1n) is 4.43. The summed E-state index contributed by atoms with van der Waals surface area (Å²) in [5, 5.41) is 0. The maximum atomic E-state index is 11.4. The molecule has 0 radical (unpaired) electrons. The van der Waals surface area contributed by atoms with Crippen LogP contribution < -0.4 is 0 Å². The molecular weight excluding hydrogens is 166 g/mol. The predicted molar refractivity (Wildman–Crippen MR) is 48.9 cm³/mol. The Labute approximate surface area is 78.1 Å². The molecular formula is C10H13NO2. The summed E-state index contributed by atoms with van der Waals surface area (Å²) < 4.78 is 0. The van der Waals surface area contributed by atoms with Crippen molar-refractivity contribution in [3.63, 3.8) is 0 Å². The van der Waals surface area contributed by atoms with Crippen molar-refractivity contribution in [1.82, 2.24) is 4.90 Å². The maximum absolute atomic E-state index is 11.4. The number of ketones is 1. The lowest BCUT2D eigenvalue weighted by Gasteiger charge is -2.16. The second-order valence-electron chi connectivity index (χ2n) is 3.03. The summed E-state index contributed by atoms with van der Waals surface area (Å²) in [6, 6.07) is 0. The molecule has 70 valence electrons. The number of hydrogen-bond acceptors (Lipinski definition) is 2. The second-order valence-corrected chi connectivity index (χ2v) is 3.03.